The number of aryl methyl sites for hydroxylation is 1. The summed E-state index contributed by atoms with van der Waals surface area (Å²) in [6, 6.07) is 10.7. The number of fused-ring (bicyclic) bond motifs is 1. The second-order valence-corrected chi connectivity index (χ2v) is 4.13. The average Bonchev–Trinajstić information content (AvgIpc) is 2.17. The highest BCUT2D eigenvalue weighted by atomic mass is 32.2. The molecule has 0 saturated heterocycles. The molecule has 0 fully saturated rings. The first-order chi connectivity index (χ1) is 5.90. The molecule has 0 aromatic heterocycles. The van der Waals surface area contributed by atoms with Crippen LogP contribution in [0.15, 0.2) is 29.2 Å². The quantitative estimate of drug-likeness (QED) is 0.605. The lowest BCUT2D eigenvalue weighted by Gasteiger charge is -2.18. The van der Waals surface area contributed by atoms with E-state index < -0.39 is 0 Å². The molecular weight excluding hydrogens is 166 g/mol. The zero-order valence-electron chi connectivity index (χ0n) is 6.66. The summed E-state index contributed by atoms with van der Waals surface area (Å²) >= 11 is 1.70. The Hall–Kier alpha value is -0.940. The van der Waals surface area contributed by atoms with Crippen LogP contribution in [0, 0.1) is 11.3 Å². The third-order valence-corrected chi connectivity index (χ3v) is 3.34. The summed E-state index contributed by atoms with van der Waals surface area (Å²) in [5, 5.41) is 8.91. The van der Waals surface area contributed by atoms with Crippen molar-refractivity contribution in [3.05, 3.63) is 29.8 Å². The van der Waals surface area contributed by atoms with Gasteiger partial charge in [-0.1, -0.05) is 18.2 Å². The molecule has 12 heavy (non-hydrogen) atoms. The molecular formula is C10H9NS. The van der Waals surface area contributed by atoms with Crippen molar-refractivity contribution in [3.8, 4) is 6.07 Å². The van der Waals surface area contributed by atoms with Crippen LogP contribution in [0.25, 0.3) is 0 Å². The zero-order valence-corrected chi connectivity index (χ0v) is 7.47. The Morgan fingerprint density at radius 3 is 3.08 bits per heavy atom. The molecule has 1 atom stereocenters. The van der Waals surface area contributed by atoms with E-state index in [9.17, 15) is 0 Å². The summed E-state index contributed by atoms with van der Waals surface area (Å²) in [5.41, 5.74) is 1.40. The molecule has 1 nitrogen and oxygen atoms in total. The third kappa shape index (κ3) is 1.33. The van der Waals surface area contributed by atoms with Crippen LogP contribution in [0.1, 0.15) is 12.0 Å². The minimum absolute atomic E-state index is 0.167. The highest BCUT2D eigenvalue weighted by Gasteiger charge is 2.17. The van der Waals surface area contributed by atoms with Gasteiger partial charge >= 0.3 is 0 Å². The molecule has 1 aliphatic heterocycles. The van der Waals surface area contributed by atoms with Crippen LogP contribution in [0.5, 0.6) is 0 Å². The first-order valence-corrected chi connectivity index (χ1v) is 4.92. The Morgan fingerprint density at radius 1 is 1.42 bits per heavy atom. The molecule has 1 aromatic rings. The van der Waals surface area contributed by atoms with E-state index in [1.165, 1.54) is 10.5 Å². The monoisotopic (exact) mass is 175 g/mol. The van der Waals surface area contributed by atoms with Crippen LogP contribution in [0.2, 0.25) is 0 Å². The predicted octanol–water partition coefficient (Wildman–Crippen LogP) is 2.62. The summed E-state index contributed by atoms with van der Waals surface area (Å²) in [4.78, 5) is 1.29. The molecule has 0 amide bonds. The molecule has 2 heteroatoms. The van der Waals surface area contributed by atoms with E-state index in [4.69, 9.17) is 5.26 Å². The van der Waals surface area contributed by atoms with Gasteiger partial charge < -0.3 is 0 Å². The smallest absolute Gasteiger partial charge is 0.0966 e. The molecule has 1 aliphatic rings. The maximum Gasteiger partial charge on any atom is 0.0966 e. The molecule has 1 unspecified atom stereocenters. The van der Waals surface area contributed by atoms with Gasteiger partial charge in [-0.2, -0.15) is 5.26 Å². The second kappa shape index (κ2) is 3.20. The van der Waals surface area contributed by atoms with Crippen molar-refractivity contribution in [2.75, 3.05) is 0 Å². The maximum absolute atomic E-state index is 8.75. The van der Waals surface area contributed by atoms with Gasteiger partial charge in [-0.3, -0.25) is 0 Å². The van der Waals surface area contributed by atoms with Crippen molar-refractivity contribution in [3.63, 3.8) is 0 Å². The standard InChI is InChI=1S/C10H9NS/c11-7-9-6-5-8-3-1-2-4-10(8)12-9/h1-4,9H,5-6H2. The lowest BCUT2D eigenvalue weighted by Crippen LogP contribution is -2.07. The van der Waals surface area contributed by atoms with Crippen molar-refractivity contribution in [1.29, 1.82) is 5.26 Å². The van der Waals surface area contributed by atoms with Crippen molar-refractivity contribution < 1.29 is 0 Å². The van der Waals surface area contributed by atoms with Crippen LogP contribution < -0.4 is 0 Å². The molecule has 60 valence electrons. The summed E-state index contributed by atoms with van der Waals surface area (Å²) < 4.78 is 0. The fraction of sp³-hybridized carbons (Fsp3) is 0.300. The number of nitrogens with zero attached hydrogens (tertiary/aromatic N) is 1. The first kappa shape index (κ1) is 7.70. The Balaban J connectivity index is 2.30. The van der Waals surface area contributed by atoms with Crippen molar-refractivity contribution >= 4 is 11.8 Å². The van der Waals surface area contributed by atoms with E-state index in [1.807, 2.05) is 6.07 Å². The average molecular weight is 175 g/mol. The van der Waals surface area contributed by atoms with E-state index in [-0.39, 0.29) is 5.25 Å². The normalized spacial score (nSPS) is 21.1. The number of thioether (sulfide) groups is 1. The Bertz CT molecular complexity index is 327. The van der Waals surface area contributed by atoms with Gasteiger partial charge in [0.2, 0.25) is 0 Å². The minimum Gasteiger partial charge on any atom is -0.197 e. The van der Waals surface area contributed by atoms with Gasteiger partial charge in [0.1, 0.15) is 0 Å². The molecule has 1 aromatic carbocycles. The van der Waals surface area contributed by atoms with Gasteiger partial charge in [0.05, 0.1) is 11.3 Å². The number of nitriles is 1. The van der Waals surface area contributed by atoms with Gasteiger partial charge in [-0.05, 0) is 24.5 Å². The fourth-order valence-electron chi connectivity index (χ4n) is 1.42. The summed E-state index contributed by atoms with van der Waals surface area (Å²) in [5.74, 6) is 0. The lowest BCUT2D eigenvalue weighted by atomic mass is 10.1. The summed E-state index contributed by atoms with van der Waals surface area (Å²) in [7, 11) is 0. The molecule has 0 aliphatic carbocycles. The van der Waals surface area contributed by atoms with E-state index in [0.717, 1.165) is 12.8 Å². The van der Waals surface area contributed by atoms with Gasteiger partial charge in [0.15, 0.2) is 0 Å². The van der Waals surface area contributed by atoms with E-state index >= 15 is 0 Å². The van der Waals surface area contributed by atoms with Crippen molar-refractivity contribution in [2.24, 2.45) is 0 Å². The van der Waals surface area contributed by atoms with Gasteiger partial charge in [0.25, 0.3) is 0 Å². The molecule has 2 rings (SSSR count). The van der Waals surface area contributed by atoms with Crippen LogP contribution >= 0.6 is 11.8 Å². The van der Waals surface area contributed by atoms with E-state index in [2.05, 4.69) is 24.3 Å². The third-order valence-electron chi connectivity index (χ3n) is 2.06. The Morgan fingerprint density at radius 2 is 2.25 bits per heavy atom. The van der Waals surface area contributed by atoms with Crippen LogP contribution in [-0.4, -0.2) is 5.25 Å². The van der Waals surface area contributed by atoms with Crippen molar-refractivity contribution in [2.45, 2.75) is 23.0 Å². The molecule has 0 bridgehead atoms. The number of hydrogen-bond donors (Lipinski definition) is 0. The first-order valence-electron chi connectivity index (χ1n) is 4.04. The Labute approximate surface area is 76.4 Å². The van der Waals surface area contributed by atoms with Gasteiger partial charge in [-0.25, -0.2) is 0 Å². The van der Waals surface area contributed by atoms with Gasteiger partial charge in [-0.15, -0.1) is 11.8 Å². The molecule has 1 heterocycles. The zero-order chi connectivity index (χ0) is 8.39. The molecule has 0 N–H and O–H groups in total. The minimum atomic E-state index is 0.167. The molecule has 0 radical (unpaired) electrons. The van der Waals surface area contributed by atoms with Crippen LogP contribution in [0.3, 0.4) is 0 Å². The fourth-order valence-corrected chi connectivity index (χ4v) is 2.49. The summed E-state index contributed by atoms with van der Waals surface area (Å²) in [6.45, 7) is 0. The van der Waals surface area contributed by atoms with Crippen LogP contribution in [-0.2, 0) is 6.42 Å². The Kier molecular flexibility index (Phi) is 2.05. The maximum atomic E-state index is 8.75. The largest absolute Gasteiger partial charge is 0.197 e. The summed E-state index contributed by atoms with van der Waals surface area (Å²) in [6.07, 6.45) is 2.06. The highest BCUT2D eigenvalue weighted by molar-refractivity contribution is 8.00. The van der Waals surface area contributed by atoms with E-state index in [0.29, 0.717) is 0 Å². The van der Waals surface area contributed by atoms with E-state index in [1.54, 1.807) is 11.8 Å². The van der Waals surface area contributed by atoms with Gasteiger partial charge in [0, 0.05) is 4.90 Å². The second-order valence-electron chi connectivity index (χ2n) is 2.88. The van der Waals surface area contributed by atoms with Crippen LogP contribution in [0.4, 0.5) is 0 Å². The topological polar surface area (TPSA) is 23.8 Å². The lowest BCUT2D eigenvalue weighted by molar-refractivity contribution is 0.827. The number of hydrogen-bond acceptors (Lipinski definition) is 2. The number of rotatable bonds is 0. The molecule has 0 saturated carbocycles. The molecule has 0 spiro atoms. The van der Waals surface area contributed by atoms with Crippen molar-refractivity contribution in [1.82, 2.24) is 0 Å². The number of benzene rings is 1. The SMILES string of the molecule is N#CC1CCc2ccccc2S1. The highest BCUT2D eigenvalue weighted by Crippen LogP contribution is 2.34. The predicted molar refractivity (Wildman–Crippen MR) is 50.0 cm³/mol.